The highest BCUT2D eigenvalue weighted by Gasteiger charge is 2.23. The fourth-order valence-electron chi connectivity index (χ4n) is 2.28. The van der Waals surface area contributed by atoms with Gasteiger partial charge >= 0.3 is 0 Å². The van der Waals surface area contributed by atoms with E-state index in [0.29, 0.717) is 12.1 Å². The summed E-state index contributed by atoms with van der Waals surface area (Å²) in [5.74, 6) is 0. The van der Waals surface area contributed by atoms with E-state index in [1.54, 1.807) is 0 Å². The second kappa shape index (κ2) is 8.04. The molecule has 0 spiro atoms. The Labute approximate surface area is 101 Å². The number of hydrogen-bond donors (Lipinski definition) is 1. The summed E-state index contributed by atoms with van der Waals surface area (Å²) in [6, 6.07) is 1.34. The molecular formula is C13H28N2O. The average molecular weight is 228 g/mol. The Balaban J connectivity index is 2.21. The Bertz CT molecular complexity index is 175. The lowest BCUT2D eigenvalue weighted by Gasteiger charge is -2.38. The van der Waals surface area contributed by atoms with Gasteiger partial charge in [-0.25, -0.2) is 0 Å². The second-order valence-electron chi connectivity index (χ2n) is 4.85. The van der Waals surface area contributed by atoms with Gasteiger partial charge in [-0.05, 0) is 19.8 Å². The van der Waals surface area contributed by atoms with E-state index in [1.165, 1.54) is 19.4 Å². The predicted molar refractivity (Wildman–Crippen MR) is 68.8 cm³/mol. The molecule has 0 bridgehead atoms. The van der Waals surface area contributed by atoms with E-state index in [9.17, 15) is 0 Å². The maximum absolute atomic E-state index is 5.57. The summed E-state index contributed by atoms with van der Waals surface area (Å²) >= 11 is 0. The highest BCUT2D eigenvalue weighted by Crippen LogP contribution is 2.09. The van der Waals surface area contributed by atoms with Crippen LogP contribution in [0, 0.1) is 0 Å². The van der Waals surface area contributed by atoms with Crippen LogP contribution in [0.1, 0.15) is 40.0 Å². The topological polar surface area (TPSA) is 24.5 Å². The first-order chi connectivity index (χ1) is 7.77. The summed E-state index contributed by atoms with van der Waals surface area (Å²) in [5, 5.41) is 3.62. The number of nitrogens with one attached hydrogen (secondary N) is 1. The fourth-order valence-corrected chi connectivity index (χ4v) is 2.28. The number of ether oxygens (including phenoxy) is 1. The van der Waals surface area contributed by atoms with E-state index in [-0.39, 0.29) is 0 Å². The smallest absolute Gasteiger partial charge is 0.0593 e. The largest absolute Gasteiger partial charge is 0.380 e. The van der Waals surface area contributed by atoms with Crippen molar-refractivity contribution in [1.29, 1.82) is 0 Å². The second-order valence-corrected chi connectivity index (χ2v) is 4.85. The summed E-state index contributed by atoms with van der Waals surface area (Å²) in [7, 11) is 0. The van der Waals surface area contributed by atoms with Gasteiger partial charge in [-0.15, -0.1) is 0 Å². The lowest BCUT2D eigenvalue weighted by Crippen LogP contribution is -2.55. The number of nitrogens with zero attached hydrogens (tertiary/aromatic N) is 1. The Kier molecular flexibility index (Phi) is 7.01. The number of rotatable bonds is 7. The zero-order valence-corrected chi connectivity index (χ0v) is 11.2. The molecule has 1 heterocycles. The molecule has 1 fully saturated rings. The van der Waals surface area contributed by atoms with Gasteiger partial charge in [0, 0.05) is 38.3 Å². The zero-order valence-electron chi connectivity index (χ0n) is 11.2. The van der Waals surface area contributed by atoms with Crippen LogP contribution in [0.3, 0.4) is 0 Å². The van der Waals surface area contributed by atoms with E-state index in [4.69, 9.17) is 4.74 Å². The molecule has 1 N–H and O–H groups in total. The predicted octanol–water partition coefficient (Wildman–Crippen LogP) is 1.88. The van der Waals surface area contributed by atoms with Gasteiger partial charge in [0.15, 0.2) is 0 Å². The van der Waals surface area contributed by atoms with E-state index >= 15 is 0 Å². The fraction of sp³-hybridized carbons (Fsp3) is 1.00. The van der Waals surface area contributed by atoms with Gasteiger partial charge in [-0.3, -0.25) is 4.90 Å². The monoisotopic (exact) mass is 228 g/mol. The molecule has 3 heteroatoms. The van der Waals surface area contributed by atoms with Crippen LogP contribution in [0.4, 0.5) is 0 Å². The highest BCUT2D eigenvalue weighted by molar-refractivity contribution is 4.83. The molecule has 0 aromatic heterocycles. The third-order valence-corrected chi connectivity index (χ3v) is 3.29. The van der Waals surface area contributed by atoms with Crippen molar-refractivity contribution < 1.29 is 4.74 Å². The van der Waals surface area contributed by atoms with E-state index in [1.807, 2.05) is 0 Å². The van der Waals surface area contributed by atoms with Crippen molar-refractivity contribution in [2.24, 2.45) is 0 Å². The summed E-state index contributed by atoms with van der Waals surface area (Å²) < 4.78 is 5.57. The molecule has 1 aliphatic rings. The quantitative estimate of drug-likeness (QED) is 0.673. The van der Waals surface area contributed by atoms with E-state index in [2.05, 4.69) is 31.0 Å². The number of piperazine rings is 1. The van der Waals surface area contributed by atoms with Gasteiger partial charge < -0.3 is 10.1 Å². The molecular weight excluding hydrogens is 200 g/mol. The van der Waals surface area contributed by atoms with Crippen LogP contribution < -0.4 is 5.32 Å². The minimum atomic E-state index is 0.651. The zero-order chi connectivity index (χ0) is 11.8. The van der Waals surface area contributed by atoms with Gasteiger partial charge in [0.1, 0.15) is 0 Å². The lowest BCUT2D eigenvalue weighted by atomic mass is 10.1. The van der Waals surface area contributed by atoms with Crippen molar-refractivity contribution in [3.05, 3.63) is 0 Å². The summed E-state index contributed by atoms with van der Waals surface area (Å²) in [6.45, 7) is 11.9. The van der Waals surface area contributed by atoms with Gasteiger partial charge in [0.2, 0.25) is 0 Å². The van der Waals surface area contributed by atoms with Crippen molar-refractivity contribution in [3.8, 4) is 0 Å². The molecule has 3 nitrogen and oxygen atoms in total. The first-order valence-corrected chi connectivity index (χ1v) is 6.83. The molecule has 0 amide bonds. The van der Waals surface area contributed by atoms with Crippen LogP contribution in [-0.4, -0.2) is 49.8 Å². The third kappa shape index (κ3) is 4.81. The van der Waals surface area contributed by atoms with Crippen molar-refractivity contribution in [1.82, 2.24) is 10.2 Å². The van der Waals surface area contributed by atoms with E-state index < -0.39 is 0 Å². The molecule has 0 radical (unpaired) electrons. The molecule has 0 aromatic carbocycles. The van der Waals surface area contributed by atoms with Crippen LogP contribution in [0.5, 0.6) is 0 Å². The van der Waals surface area contributed by atoms with E-state index in [0.717, 1.165) is 32.7 Å². The highest BCUT2D eigenvalue weighted by atomic mass is 16.5. The van der Waals surface area contributed by atoms with Gasteiger partial charge in [-0.2, -0.15) is 0 Å². The molecule has 16 heavy (non-hydrogen) atoms. The summed E-state index contributed by atoms with van der Waals surface area (Å²) in [6.07, 6.45) is 3.68. The molecule has 2 atom stereocenters. The Morgan fingerprint density at radius 1 is 1.25 bits per heavy atom. The molecule has 1 aliphatic heterocycles. The molecule has 0 aromatic rings. The average Bonchev–Trinajstić information content (AvgIpc) is 2.29. The van der Waals surface area contributed by atoms with Crippen molar-refractivity contribution in [2.45, 2.75) is 52.1 Å². The maximum atomic E-state index is 5.57. The molecule has 96 valence electrons. The van der Waals surface area contributed by atoms with Crippen LogP contribution in [0.2, 0.25) is 0 Å². The maximum Gasteiger partial charge on any atom is 0.0593 e. The van der Waals surface area contributed by atoms with Crippen molar-refractivity contribution in [2.75, 3.05) is 32.8 Å². The lowest BCUT2D eigenvalue weighted by molar-refractivity contribution is 0.0693. The number of hydrogen-bond acceptors (Lipinski definition) is 3. The van der Waals surface area contributed by atoms with Gasteiger partial charge in [0.05, 0.1) is 6.61 Å². The first-order valence-electron chi connectivity index (χ1n) is 6.83. The Hall–Kier alpha value is -0.120. The molecule has 2 unspecified atom stereocenters. The molecule has 1 saturated heterocycles. The third-order valence-electron chi connectivity index (χ3n) is 3.29. The van der Waals surface area contributed by atoms with Crippen molar-refractivity contribution in [3.63, 3.8) is 0 Å². The van der Waals surface area contributed by atoms with Crippen LogP contribution in [-0.2, 0) is 4.74 Å². The minimum absolute atomic E-state index is 0.651. The van der Waals surface area contributed by atoms with Gasteiger partial charge in [0.25, 0.3) is 0 Å². The first kappa shape index (κ1) is 13.9. The summed E-state index contributed by atoms with van der Waals surface area (Å²) in [4.78, 5) is 2.56. The van der Waals surface area contributed by atoms with Crippen molar-refractivity contribution >= 4 is 0 Å². The molecule has 1 rings (SSSR count). The Morgan fingerprint density at radius 3 is 2.75 bits per heavy atom. The van der Waals surface area contributed by atoms with Crippen LogP contribution in [0.15, 0.2) is 0 Å². The molecule has 0 saturated carbocycles. The SMILES string of the molecule is CCCOCCN1CC(CCC)NCC1C. The molecule has 0 aliphatic carbocycles. The minimum Gasteiger partial charge on any atom is -0.380 e. The van der Waals surface area contributed by atoms with Gasteiger partial charge in [-0.1, -0.05) is 20.3 Å². The van der Waals surface area contributed by atoms with Crippen LogP contribution in [0.25, 0.3) is 0 Å². The standard InChI is InChI=1S/C13H28N2O/c1-4-6-13-11-15(12(3)10-14-13)7-9-16-8-5-2/h12-14H,4-11H2,1-3H3. The Morgan fingerprint density at radius 2 is 2.06 bits per heavy atom. The summed E-state index contributed by atoms with van der Waals surface area (Å²) in [5.41, 5.74) is 0. The normalized spacial score (nSPS) is 27.2. The van der Waals surface area contributed by atoms with Crippen LogP contribution >= 0.6 is 0 Å².